The summed E-state index contributed by atoms with van der Waals surface area (Å²) in [6, 6.07) is 14.0. The van der Waals surface area contributed by atoms with Gasteiger partial charge in [-0.3, -0.25) is 9.97 Å². The lowest BCUT2D eigenvalue weighted by atomic mass is 9.99. The zero-order valence-corrected chi connectivity index (χ0v) is 17.0. The first-order valence-electron chi connectivity index (χ1n) is 9.81. The number of benzene rings is 2. The van der Waals surface area contributed by atoms with Gasteiger partial charge in [0.25, 0.3) is 0 Å². The Hall–Kier alpha value is -3.34. The summed E-state index contributed by atoms with van der Waals surface area (Å²) in [5, 5.41) is 3.26. The molecular formula is C24H25N3O2. The van der Waals surface area contributed by atoms with Crippen LogP contribution in [0, 0.1) is 0 Å². The van der Waals surface area contributed by atoms with Crippen molar-refractivity contribution in [3.8, 4) is 11.5 Å². The van der Waals surface area contributed by atoms with Gasteiger partial charge in [0.15, 0.2) is 11.5 Å². The zero-order chi connectivity index (χ0) is 20.4. The van der Waals surface area contributed by atoms with E-state index < -0.39 is 0 Å². The molecule has 0 saturated carbocycles. The Bertz CT molecular complexity index is 1190. The molecule has 0 fully saturated rings. The number of rotatable bonds is 6. The quantitative estimate of drug-likeness (QED) is 0.475. The van der Waals surface area contributed by atoms with Gasteiger partial charge in [-0.15, -0.1) is 0 Å². The molecule has 5 nitrogen and oxygen atoms in total. The predicted molar refractivity (Wildman–Crippen MR) is 118 cm³/mol. The van der Waals surface area contributed by atoms with Gasteiger partial charge in [-0.25, -0.2) is 0 Å². The summed E-state index contributed by atoms with van der Waals surface area (Å²) in [5.41, 5.74) is 10.8. The molecule has 0 unspecified atom stereocenters. The van der Waals surface area contributed by atoms with Gasteiger partial charge in [0, 0.05) is 34.8 Å². The number of ether oxygens (including phenoxy) is 2. The summed E-state index contributed by atoms with van der Waals surface area (Å²) in [7, 11) is 3.31. The van der Waals surface area contributed by atoms with Gasteiger partial charge in [0.05, 0.1) is 25.4 Å². The van der Waals surface area contributed by atoms with Gasteiger partial charge < -0.3 is 15.2 Å². The predicted octanol–water partition coefficient (Wildman–Crippen LogP) is 4.93. The van der Waals surface area contributed by atoms with Crippen LogP contribution in [0.25, 0.3) is 21.7 Å². The lowest BCUT2D eigenvalue weighted by molar-refractivity contribution is 0.356. The number of para-hydroxylation sites is 1. The Balaban J connectivity index is 1.85. The molecule has 0 aliphatic heterocycles. The average molecular weight is 387 g/mol. The van der Waals surface area contributed by atoms with Crippen molar-refractivity contribution >= 4 is 27.4 Å². The molecular weight excluding hydrogens is 362 g/mol. The maximum Gasteiger partial charge on any atom is 0.161 e. The Morgan fingerprint density at radius 3 is 2.45 bits per heavy atom. The van der Waals surface area contributed by atoms with Gasteiger partial charge in [-0.2, -0.15) is 0 Å². The summed E-state index contributed by atoms with van der Waals surface area (Å²) in [6.07, 6.45) is 4.56. The molecule has 0 amide bonds. The van der Waals surface area contributed by atoms with Crippen molar-refractivity contribution in [1.29, 1.82) is 0 Å². The minimum absolute atomic E-state index is 0.662. The topological polar surface area (TPSA) is 70.3 Å². The molecule has 2 aromatic carbocycles. The van der Waals surface area contributed by atoms with Gasteiger partial charge in [-0.1, -0.05) is 31.5 Å². The molecule has 5 heteroatoms. The van der Waals surface area contributed by atoms with E-state index >= 15 is 0 Å². The molecule has 0 atom stereocenters. The maximum absolute atomic E-state index is 6.13. The number of hydrogen-bond acceptors (Lipinski definition) is 5. The van der Waals surface area contributed by atoms with Crippen molar-refractivity contribution in [2.75, 3.05) is 20.0 Å². The highest BCUT2D eigenvalue weighted by molar-refractivity contribution is 5.91. The number of aryl methyl sites for hydroxylation is 1. The third-order valence-corrected chi connectivity index (χ3v) is 5.22. The van der Waals surface area contributed by atoms with Crippen LogP contribution in [-0.4, -0.2) is 24.2 Å². The number of pyridine rings is 2. The average Bonchev–Trinajstić information content (AvgIpc) is 2.75. The number of anilines is 1. The summed E-state index contributed by atoms with van der Waals surface area (Å²) in [4.78, 5) is 9.56. The number of hydrogen-bond donors (Lipinski definition) is 1. The molecule has 0 aliphatic rings. The van der Waals surface area contributed by atoms with E-state index in [2.05, 4.69) is 13.0 Å². The van der Waals surface area contributed by atoms with Gasteiger partial charge in [0.2, 0.25) is 0 Å². The number of methoxy groups -OCH3 is 2. The number of aromatic nitrogens is 2. The van der Waals surface area contributed by atoms with Crippen LogP contribution in [0.15, 0.2) is 48.7 Å². The van der Waals surface area contributed by atoms with E-state index in [1.165, 1.54) is 0 Å². The normalized spacial score (nSPS) is 11.1. The second-order valence-electron chi connectivity index (χ2n) is 7.13. The van der Waals surface area contributed by atoms with E-state index in [0.29, 0.717) is 23.6 Å². The highest BCUT2D eigenvalue weighted by Gasteiger charge is 2.14. The van der Waals surface area contributed by atoms with E-state index in [-0.39, 0.29) is 0 Å². The monoisotopic (exact) mass is 387 g/mol. The maximum atomic E-state index is 6.13. The van der Waals surface area contributed by atoms with Gasteiger partial charge in [-0.05, 0) is 41.6 Å². The minimum atomic E-state index is 0.662. The van der Waals surface area contributed by atoms with Crippen LogP contribution < -0.4 is 15.2 Å². The van der Waals surface area contributed by atoms with Crippen LogP contribution >= 0.6 is 0 Å². The number of nitrogens with zero attached hydrogens (tertiary/aromatic N) is 2. The number of nitrogen functional groups attached to an aromatic ring is 1. The molecule has 0 spiro atoms. The SMILES string of the molecule is CCCc1ncc(Cc2ccc3cccc(N)c3n2)c2cc(OC)c(OC)cc12. The molecule has 0 bridgehead atoms. The molecule has 29 heavy (non-hydrogen) atoms. The first kappa shape index (κ1) is 19.0. The van der Waals surface area contributed by atoms with Crippen LogP contribution in [0.4, 0.5) is 5.69 Å². The largest absolute Gasteiger partial charge is 0.493 e. The zero-order valence-electron chi connectivity index (χ0n) is 17.0. The third-order valence-electron chi connectivity index (χ3n) is 5.22. The van der Waals surface area contributed by atoms with E-state index in [9.17, 15) is 0 Å². The van der Waals surface area contributed by atoms with Crippen LogP contribution in [0.5, 0.6) is 11.5 Å². The first-order chi connectivity index (χ1) is 14.1. The van der Waals surface area contributed by atoms with Crippen molar-refractivity contribution in [2.45, 2.75) is 26.2 Å². The first-order valence-corrected chi connectivity index (χ1v) is 9.81. The van der Waals surface area contributed by atoms with Crippen LogP contribution in [-0.2, 0) is 12.8 Å². The highest BCUT2D eigenvalue weighted by atomic mass is 16.5. The number of fused-ring (bicyclic) bond motifs is 2. The molecule has 0 radical (unpaired) electrons. The van der Waals surface area contributed by atoms with E-state index in [1.807, 2.05) is 42.6 Å². The summed E-state index contributed by atoms with van der Waals surface area (Å²) < 4.78 is 11.1. The molecule has 2 aromatic heterocycles. The molecule has 0 saturated heterocycles. The summed E-state index contributed by atoms with van der Waals surface area (Å²) >= 11 is 0. The van der Waals surface area contributed by atoms with Crippen molar-refractivity contribution in [1.82, 2.24) is 9.97 Å². The molecule has 0 aliphatic carbocycles. The van der Waals surface area contributed by atoms with Gasteiger partial charge >= 0.3 is 0 Å². The fourth-order valence-electron chi connectivity index (χ4n) is 3.76. The smallest absolute Gasteiger partial charge is 0.161 e. The fourth-order valence-corrected chi connectivity index (χ4v) is 3.76. The van der Waals surface area contributed by atoms with Crippen molar-refractivity contribution in [3.05, 3.63) is 65.6 Å². The Morgan fingerprint density at radius 2 is 1.72 bits per heavy atom. The van der Waals surface area contributed by atoms with E-state index in [0.717, 1.165) is 51.5 Å². The highest BCUT2D eigenvalue weighted by Crippen LogP contribution is 2.35. The van der Waals surface area contributed by atoms with Crippen molar-refractivity contribution in [2.24, 2.45) is 0 Å². The molecule has 2 N–H and O–H groups in total. The van der Waals surface area contributed by atoms with Crippen LogP contribution in [0.2, 0.25) is 0 Å². The van der Waals surface area contributed by atoms with Crippen LogP contribution in [0.3, 0.4) is 0 Å². The lowest BCUT2D eigenvalue weighted by Crippen LogP contribution is -2.01. The summed E-state index contributed by atoms with van der Waals surface area (Å²) in [5.74, 6) is 1.43. The molecule has 4 rings (SSSR count). The second-order valence-corrected chi connectivity index (χ2v) is 7.13. The van der Waals surface area contributed by atoms with E-state index in [4.69, 9.17) is 25.2 Å². The molecule has 2 heterocycles. The van der Waals surface area contributed by atoms with Gasteiger partial charge in [0.1, 0.15) is 0 Å². The third kappa shape index (κ3) is 3.56. The van der Waals surface area contributed by atoms with Crippen molar-refractivity contribution < 1.29 is 9.47 Å². The summed E-state index contributed by atoms with van der Waals surface area (Å²) in [6.45, 7) is 2.16. The second kappa shape index (κ2) is 7.95. The molecule has 4 aromatic rings. The van der Waals surface area contributed by atoms with E-state index in [1.54, 1.807) is 14.2 Å². The number of nitrogens with two attached hydrogens (primary N) is 1. The Morgan fingerprint density at radius 1 is 0.966 bits per heavy atom. The Kier molecular flexibility index (Phi) is 5.21. The van der Waals surface area contributed by atoms with Crippen molar-refractivity contribution in [3.63, 3.8) is 0 Å². The fraction of sp³-hybridized carbons (Fsp3) is 0.250. The minimum Gasteiger partial charge on any atom is -0.493 e. The standard InChI is InChI=1S/C24H25N3O2/c1-4-6-21-19-13-23(29-3)22(28-2)12-18(19)16(14-26-21)11-17-10-9-15-7-5-8-20(25)24(15)27-17/h5,7-10,12-14H,4,6,11,25H2,1-3H3. The van der Waals surface area contributed by atoms with Crippen LogP contribution in [0.1, 0.15) is 30.3 Å². The lowest BCUT2D eigenvalue weighted by Gasteiger charge is -2.14. The Labute approximate surface area is 170 Å². The molecule has 148 valence electrons.